The molecule has 2 rings (SSSR count). The van der Waals surface area contributed by atoms with Crippen LogP contribution in [0, 0.1) is 24.0 Å². The molecular formula is C13H11NO4S. The maximum absolute atomic E-state index is 11.9. The Morgan fingerprint density at radius 2 is 1.89 bits per heavy atom. The van der Waals surface area contributed by atoms with Gasteiger partial charge >= 0.3 is 5.97 Å². The maximum Gasteiger partial charge on any atom is 0.344 e. The molecule has 0 radical (unpaired) electrons. The minimum Gasteiger partial charge on any atom is -0.423 e. The van der Waals surface area contributed by atoms with Crippen molar-refractivity contribution in [1.29, 1.82) is 0 Å². The van der Waals surface area contributed by atoms with Gasteiger partial charge in [-0.05, 0) is 32.0 Å². The van der Waals surface area contributed by atoms with Gasteiger partial charge in [0.05, 0.1) is 10.5 Å². The molecule has 0 atom stereocenters. The number of nitrogens with zero attached hydrogens (tertiary/aromatic N) is 1. The third-order valence-corrected chi connectivity index (χ3v) is 3.48. The van der Waals surface area contributed by atoms with Crippen LogP contribution in [0.3, 0.4) is 0 Å². The fourth-order valence-electron chi connectivity index (χ4n) is 1.63. The second kappa shape index (κ2) is 5.19. The van der Waals surface area contributed by atoms with Gasteiger partial charge in [0.1, 0.15) is 5.75 Å². The minimum absolute atomic E-state index is 0.0395. The van der Waals surface area contributed by atoms with Crippen LogP contribution in [0.25, 0.3) is 0 Å². The van der Waals surface area contributed by atoms with Crippen molar-refractivity contribution >= 4 is 23.0 Å². The summed E-state index contributed by atoms with van der Waals surface area (Å²) in [4.78, 5) is 23.8. The van der Waals surface area contributed by atoms with E-state index in [1.807, 2.05) is 13.8 Å². The van der Waals surface area contributed by atoms with Gasteiger partial charge in [0.2, 0.25) is 0 Å². The summed E-state index contributed by atoms with van der Waals surface area (Å²) in [5.41, 5.74) is 0.489. The number of nitro benzene ring substituents is 1. The molecule has 1 heterocycles. The van der Waals surface area contributed by atoms with Crippen LogP contribution in [-0.2, 0) is 0 Å². The largest absolute Gasteiger partial charge is 0.423 e. The Labute approximate surface area is 113 Å². The first kappa shape index (κ1) is 13.2. The number of thiophene rings is 1. The molecule has 0 bridgehead atoms. The van der Waals surface area contributed by atoms with Crippen LogP contribution >= 0.6 is 11.3 Å². The first-order valence-electron chi connectivity index (χ1n) is 5.51. The van der Waals surface area contributed by atoms with Gasteiger partial charge in [0.25, 0.3) is 5.69 Å². The number of hydrogen-bond donors (Lipinski definition) is 0. The second-order valence-electron chi connectivity index (χ2n) is 3.97. The van der Waals surface area contributed by atoms with Crippen molar-refractivity contribution in [2.24, 2.45) is 0 Å². The monoisotopic (exact) mass is 277 g/mol. The average molecular weight is 277 g/mol. The number of aryl methyl sites for hydroxylation is 2. The van der Waals surface area contributed by atoms with E-state index in [4.69, 9.17) is 4.74 Å². The standard InChI is InChI=1S/C13H11NO4S/c1-8-7-12(9(2)19-8)13(15)18-11-5-3-10(4-6-11)14(16)17/h3-7H,1-2H3. The van der Waals surface area contributed by atoms with E-state index in [-0.39, 0.29) is 5.69 Å². The second-order valence-corrected chi connectivity index (χ2v) is 5.43. The van der Waals surface area contributed by atoms with E-state index in [9.17, 15) is 14.9 Å². The molecule has 1 aromatic carbocycles. The van der Waals surface area contributed by atoms with E-state index in [1.165, 1.54) is 35.6 Å². The zero-order valence-corrected chi connectivity index (χ0v) is 11.2. The lowest BCUT2D eigenvalue weighted by Crippen LogP contribution is -2.08. The average Bonchev–Trinajstić information content (AvgIpc) is 2.69. The van der Waals surface area contributed by atoms with Crippen molar-refractivity contribution in [2.45, 2.75) is 13.8 Å². The molecule has 19 heavy (non-hydrogen) atoms. The number of non-ortho nitro benzene ring substituents is 1. The summed E-state index contributed by atoms with van der Waals surface area (Å²) in [7, 11) is 0. The minimum atomic E-state index is -0.502. The number of hydrogen-bond acceptors (Lipinski definition) is 5. The van der Waals surface area contributed by atoms with E-state index in [0.717, 1.165) is 9.75 Å². The number of rotatable bonds is 3. The van der Waals surface area contributed by atoms with E-state index >= 15 is 0 Å². The fourth-order valence-corrected chi connectivity index (χ4v) is 2.54. The van der Waals surface area contributed by atoms with Gasteiger partial charge in [-0.3, -0.25) is 10.1 Å². The number of carbonyl (C=O) groups is 1. The van der Waals surface area contributed by atoms with E-state index < -0.39 is 10.9 Å². The van der Waals surface area contributed by atoms with Crippen molar-refractivity contribution < 1.29 is 14.5 Å². The maximum atomic E-state index is 11.9. The molecule has 0 N–H and O–H groups in total. The smallest absolute Gasteiger partial charge is 0.344 e. The molecule has 0 unspecified atom stereocenters. The lowest BCUT2D eigenvalue weighted by Gasteiger charge is -2.03. The summed E-state index contributed by atoms with van der Waals surface area (Å²) in [6, 6.07) is 7.19. The molecule has 0 amide bonds. The Balaban J connectivity index is 2.15. The first-order chi connectivity index (χ1) is 8.97. The third kappa shape index (κ3) is 2.97. The lowest BCUT2D eigenvalue weighted by molar-refractivity contribution is -0.384. The van der Waals surface area contributed by atoms with Crippen molar-refractivity contribution in [1.82, 2.24) is 0 Å². The summed E-state index contributed by atoms with van der Waals surface area (Å²) in [6.07, 6.45) is 0. The summed E-state index contributed by atoms with van der Waals surface area (Å²) >= 11 is 1.52. The predicted octanol–water partition coefficient (Wildman–Crippen LogP) is 3.49. The van der Waals surface area contributed by atoms with Crippen molar-refractivity contribution in [3.8, 4) is 5.75 Å². The highest BCUT2D eigenvalue weighted by atomic mass is 32.1. The number of carbonyl (C=O) groups excluding carboxylic acids is 1. The van der Waals surface area contributed by atoms with Gasteiger partial charge in [0, 0.05) is 21.9 Å². The molecule has 0 spiro atoms. The molecule has 0 aliphatic carbocycles. The van der Waals surface area contributed by atoms with Crippen LogP contribution in [0.1, 0.15) is 20.1 Å². The molecular weight excluding hydrogens is 266 g/mol. The van der Waals surface area contributed by atoms with Crippen LogP contribution in [0.5, 0.6) is 5.75 Å². The zero-order valence-electron chi connectivity index (χ0n) is 10.4. The summed E-state index contributed by atoms with van der Waals surface area (Å²) in [6.45, 7) is 3.77. The Kier molecular flexibility index (Phi) is 3.62. The van der Waals surface area contributed by atoms with Crippen molar-refractivity contribution in [3.63, 3.8) is 0 Å². The number of nitro groups is 1. The molecule has 0 aliphatic rings. The highest BCUT2D eigenvalue weighted by Gasteiger charge is 2.14. The summed E-state index contributed by atoms with van der Waals surface area (Å²) in [5, 5.41) is 10.5. The van der Waals surface area contributed by atoms with Gasteiger partial charge < -0.3 is 4.74 Å². The zero-order chi connectivity index (χ0) is 14.0. The predicted molar refractivity (Wildman–Crippen MR) is 71.8 cm³/mol. The number of benzene rings is 1. The number of esters is 1. The van der Waals surface area contributed by atoms with Crippen LogP contribution in [0.4, 0.5) is 5.69 Å². The highest BCUT2D eigenvalue weighted by molar-refractivity contribution is 7.12. The Morgan fingerprint density at radius 3 is 2.37 bits per heavy atom. The van der Waals surface area contributed by atoms with Crippen LogP contribution < -0.4 is 4.74 Å². The Hall–Kier alpha value is -2.21. The molecule has 0 saturated carbocycles. The first-order valence-corrected chi connectivity index (χ1v) is 6.32. The van der Waals surface area contributed by atoms with Gasteiger partial charge in [0.15, 0.2) is 0 Å². The van der Waals surface area contributed by atoms with E-state index in [0.29, 0.717) is 11.3 Å². The highest BCUT2D eigenvalue weighted by Crippen LogP contribution is 2.23. The fraction of sp³-hybridized carbons (Fsp3) is 0.154. The van der Waals surface area contributed by atoms with Gasteiger partial charge in [-0.2, -0.15) is 0 Å². The van der Waals surface area contributed by atoms with Crippen LogP contribution in [0.15, 0.2) is 30.3 Å². The van der Waals surface area contributed by atoms with Gasteiger partial charge in [-0.1, -0.05) is 0 Å². The van der Waals surface area contributed by atoms with Gasteiger partial charge in [-0.15, -0.1) is 11.3 Å². The molecule has 2 aromatic rings. The molecule has 6 heteroatoms. The molecule has 98 valence electrons. The number of ether oxygens (including phenoxy) is 1. The van der Waals surface area contributed by atoms with E-state index in [2.05, 4.69) is 0 Å². The van der Waals surface area contributed by atoms with Crippen molar-refractivity contribution in [2.75, 3.05) is 0 Å². The molecule has 0 fully saturated rings. The Morgan fingerprint density at radius 1 is 1.26 bits per heavy atom. The van der Waals surface area contributed by atoms with Crippen molar-refractivity contribution in [3.05, 3.63) is 55.8 Å². The van der Waals surface area contributed by atoms with Gasteiger partial charge in [-0.25, -0.2) is 4.79 Å². The molecule has 0 aliphatic heterocycles. The molecule has 1 aromatic heterocycles. The SMILES string of the molecule is Cc1cc(C(=O)Oc2ccc([N+](=O)[O-])cc2)c(C)s1. The topological polar surface area (TPSA) is 69.4 Å². The van der Waals surface area contributed by atoms with E-state index in [1.54, 1.807) is 6.07 Å². The quantitative estimate of drug-likeness (QED) is 0.372. The third-order valence-electron chi connectivity index (χ3n) is 2.52. The lowest BCUT2D eigenvalue weighted by atomic mass is 10.2. The van der Waals surface area contributed by atoms with Crippen LogP contribution in [0.2, 0.25) is 0 Å². The Bertz CT molecular complexity index is 631. The molecule has 5 nitrogen and oxygen atoms in total. The van der Waals surface area contributed by atoms with Crippen LogP contribution in [-0.4, -0.2) is 10.9 Å². The summed E-state index contributed by atoms with van der Waals surface area (Å²) in [5.74, 6) is -0.158. The summed E-state index contributed by atoms with van der Waals surface area (Å²) < 4.78 is 5.17. The normalized spacial score (nSPS) is 10.2. The molecule has 0 saturated heterocycles.